The molecule has 2 spiro atoms. The first-order valence-electron chi connectivity index (χ1n) is 12.3. The second kappa shape index (κ2) is 6.18. The van der Waals surface area contributed by atoms with Gasteiger partial charge in [0.1, 0.15) is 11.7 Å². The Balaban J connectivity index is 1.65. The van der Waals surface area contributed by atoms with Gasteiger partial charge in [-0.15, -0.1) is 0 Å². The Morgan fingerprint density at radius 3 is 2.84 bits per heavy atom. The summed E-state index contributed by atoms with van der Waals surface area (Å²) in [4.78, 5) is 2.59. The van der Waals surface area contributed by atoms with Gasteiger partial charge in [-0.25, -0.2) is 0 Å². The lowest BCUT2D eigenvalue weighted by Gasteiger charge is -2.73. The molecule has 1 aromatic carbocycles. The number of fused-ring (bicyclic) bond motifs is 2. The monoisotopic (exact) mass is 427 g/mol. The van der Waals surface area contributed by atoms with Crippen LogP contribution in [0.5, 0.6) is 11.5 Å². The maximum atomic E-state index is 11.8. The van der Waals surface area contributed by atoms with E-state index in [9.17, 15) is 10.2 Å². The lowest BCUT2D eigenvalue weighted by molar-refractivity contribution is -0.299. The molecule has 0 aromatic heterocycles. The second-order valence-electron chi connectivity index (χ2n) is 11.4. The van der Waals surface area contributed by atoms with Gasteiger partial charge >= 0.3 is 0 Å². The summed E-state index contributed by atoms with van der Waals surface area (Å²) in [5, 5.41) is 22.7. The number of phenolic OH excluding ortho intramolecular Hbond substituents is 1. The number of benzene rings is 1. The van der Waals surface area contributed by atoms with E-state index >= 15 is 0 Å². The van der Waals surface area contributed by atoms with Crippen molar-refractivity contribution >= 4 is 0 Å². The van der Waals surface area contributed by atoms with E-state index in [1.807, 2.05) is 20.1 Å². The van der Waals surface area contributed by atoms with E-state index in [4.69, 9.17) is 9.47 Å². The molecule has 1 aromatic rings. The Bertz CT molecular complexity index is 930. The van der Waals surface area contributed by atoms with E-state index in [1.165, 1.54) is 11.1 Å². The zero-order chi connectivity index (χ0) is 21.8. The SMILES string of the molecule is CCC[C@](C)(O)[C@H]1C[C@@]23CC[C@]1(OC)[C@@H]1Oc4c(O)ccc5c4[C@@]12CCN(C)[C@@H]3CC5. The molecule has 6 aliphatic rings. The molecule has 0 amide bonds. The van der Waals surface area contributed by atoms with Gasteiger partial charge in [-0.05, 0) is 77.1 Å². The van der Waals surface area contributed by atoms with Crippen molar-refractivity contribution in [1.29, 1.82) is 0 Å². The average Bonchev–Trinajstić information content (AvgIpc) is 3.09. The Hall–Kier alpha value is -1.30. The zero-order valence-corrected chi connectivity index (χ0v) is 19.4. The summed E-state index contributed by atoms with van der Waals surface area (Å²) >= 11 is 0. The molecule has 1 saturated heterocycles. The van der Waals surface area contributed by atoms with Crippen LogP contribution < -0.4 is 4.74 Å². The molecule has 0 radical (unpaired) electrons. The van der Waals surface area contributed by atoms with Gasteiger partial charge in [-0.3, -0.25) is 0 Å². The first-order chi connectivity index (χ1) is 14.8. The van der Waals surface area contributed by atoms with Gasteiger partial charge in [0.15, 0.2) is 11.5 Å². The predicted molar refractivity (Wildman–Crippen MR) is 119 cm³/mol. The van der Waals surface area contributed by atoms with Crippen molar-refractivity contribution in [2.24, 2.45) is 11.3 Å². The molecule has 5 heteroatoms. The van der Waals surface area contributed by atoms with Crippen molar-refractivity contribution < 1.29 is 19.7 Å². The van der Waals surface area contributed by atoms with Gasteiger partial charge in [0.25, 0.3) is 0 Å². The number of phenols is 1. The average molecular weight is 428 g/mol. The minimum atomic E-state index is -0.804. The lowest BCUT2D eigenvalue weighted by Crippen LogP contribution is -2.81. The number of methoxy groups -OCH3 is 1. The quantitative estimate of drug-likeness (QED) is 0.766. The van der Waals surface area contributed by atoms with Crippen LogP contribution in [0.1, 0.15) is 69.9 Å². The van der Waals surface area contributed by atoms with E-state index in [1.54, 1.807) is 0 Å². The van der Waals surface area contributed by atoms with E-state index in [2.05, 4.69) is 24.9 Å². The minimum Gasteiger partial charge on any atom is -0.504 e. The number of aryl methyl sites for hydroxylation is 1. The fourth-order valence-corrected chi connectivity index (χ4v) is 9.36. The van der Waals surface area contributed by atoms with Crippen LogP contribution in [0.15, 0.2) is 12.1 Å². The van der Waals surface area contributed by atoms with Gasteiger partial charge in [-0.1, -0.05) is 19.4 Å². The Morgan fingerprint density at radius 2 is 2.10 bits per heavy atom. The van der Waals surface area contributed by atoms with Gasteiger partial charge in [0.2, 0.25) is 0 Å². The molecule has 5 nitrogen and oxygen atoms in total. The Kier molecular flexibility index (Phi) is 4.05. The number of ether oxygens (including phenoxy) is 2. The van der Waals surface area contributed by atoms with Crippen molar-refractivity contribution in [2.45, 2.75) is 94.0 Å². The summed E-state index contributed by atoms with van der Waals surface area (Å²) in [6.07, 6.45) is 7.72. The van der Waals surface area contributed by atoms with E-state index in [0.29, 0.717) is 11.8 Å². The molecule has 7 rings (SSSR count). The highest BCUT2D eigenvalue weighted by molar-refractivity contribution is 5.62. The molecular weight excluding hydrogens is 390 g/mol. The third-order valence-corrected chi connectivity index (χ3v) is 10.4. The predicted octanol–water partition coefficient (Wildman–Crippen LogP) is 3.78. The third-order valence-electron chi connectivity index (χ3n) is 10.4. The highest BCUT2D eigenvalue weighted by Crippen LogP contribution is 2.76. The van der Waals surface area contributed by atoms with Crippen LogP contribution in [0, 0.1) is 11.3 Å². The number of aromatic hydroxyl groups is 1. The Morgan fingerprint density at radius 1 is 1.29 bits per heavy atom. The van der Waals surface area contributed by atoms with E-state index in [0.717, 1.165) is 57.9 Å². The second-order valence-corrected chi connectivity index (χ2v) is 11.4. The van der Waals surface area contributed by atoms with Gasteiger partial charge < -0.3 is 24.6 Å². The number of piperidine rings is 1. The Labute approximate surface area is 185 Å². The minimum absolute atomic E-state index is 0.0174. The highest BCUT2D eigenvalue weighted by Gasteiger charge is 2.80. The number of aliphatic hydroxyl groups is 1. The van der Waals surface area contributed by atoms with Crippen LogP contribution in [0.4, 0.5) is 0 Å². The van der Waals surface area contributed by atoms with E-state index < -0.39 is 11.2 Å². The third kappa shape index (κ3) is 2.10. The van der Waals surface area contributed by atoms with Gasteiger partial charge in [0.05, 0.1) is 5.60 Å². The topological polar surface area (TPSA) is 62.2 Å². The molecule has 2 N–H and O–H groups in total. The summed E-state index contributed by atoms with van der Waals surface area (Å²) in [5.41, 5.74) is 1.19. The molecule has 7 atom stereocenters. The molecule has 3 saturated carbocycles. The number of rotatable bonds is 4. The standard InChI is InChI=1S/C26H37NO4/c1-5-10-23(2,29)18-15-24-11-12-26(18,30-4)22-25(24)13-14-27(3)19(24)9-7-16-6-8-17(28)21(31-22)20(16)25/h6,8,18-19,22,28-29H,5,7,9-15H2,1-4H3/t18-,19-,22-,23+,24-,25+,26-/m1/s1. The molecule has 170 valence electrons. The number of nitrogens with zero attached hydrogens (tertiary/aromatic N) is 1. The van der Waals surface area contributed by atoms with Crippen molar-refractivity contribution in [3.8, 4) is 11.5 Å². The summed E-state index contributed by atoms with van der Waals surface area (Å²) in [6.45, 7) is 5.21. The summed E-state index contributed by atoms with van der Waals surface area (Å²) in [7, 11) is 4.11. The van der Waals surface area contributed by atoms with Crippen LogP contribution in [0.25, 0.3) is 0 Å². The fraction of sp³-hybridized carbons (Fsp3) is 0.769. The molecular formula is C26H37NO4. The van der Waals surface area contributed by atoms with Crippen molar-refractivity contribution in [1.82, 2.24) is 4.90 Å². The summed E-state index contributed by atoms with van der Waals surface area (Å²) < 4.78 is 13.3. The van der Waals surface area contributed by atoms with Crippen LogP contribution in [-0.4, -0.2) is 59.2 Å². The van der Waals surface area contributed by atoms with Crippen LogP contribution in [0.2, 0.25) is 0 Å². The fourth-order valence-electron chi connectivity index (χ4n) is 9.36. The molecule has 2 aliphatic heterocycles. The van der Waals surface area contributed by atoms with Crippen LogP contribution in [-0.2, 0) is 16.6 Å². The van der Waals surface area contributed by atoms with Gasteiger partial charge in [-0.2, -0.15) is 0 Å². The first-order valence-corrected chi connectivity index (χ1v) is 12.3. The lowest BCUT2D eigenvalue weighted by atomic mass is 9.36. The maximum Gasteiger partial charge on any atom is 0.165 e. The van der Waals surface area contributed by atoms with Crippen molar-refractivity contribution in [3.05, 3.63) is 23.3 Å². The molecule has 2 heterocycles. The molecule has 4 aliphatic carbocycles. The van der Waals surface area contributed by atoms with Crippen molar-refractivity contribution in [2.75, 3.05) is 20.7 Å². The molecule has 0 unspecified atom stereocenters. The van der Waals surface area contributed by atoms with Gasteiger partial charge in [0, 0.05) is 35.5 Å². The zero-order valence-electron chi connectivity index (χ0n) is 19.4. The number of hydrogen-bond acceptors (Lipinski definition) is 5. The highest BCUT2D eigenvalue weighted by atomic mass is 16.6. The largest absolute Gasteiger partial charge is 0.504 e. The van der Waals surface area contributed by atoms with Crippen LogP contribution >= 0.6 is 0 Å². The van der Waals surface area contributed by atoms with Crippen LogP contribution in [0.3, 0.4) is 0 Å². The van der Waals surface area contributed by atoms with E-state index in [-0.39, 0.29) is 28.6 Å². The molecule has 4 fully saturated rings. The maximum absolute atomic E-state index is 11.8. The molecule has 4 bridgehead atoms. The number of hydrogen-bond donors (Lipinski definition) is 2. The smallest absolute Gasteiger partial charge is 0.165 e. The normalized spacial score (nSPS) is 44.4. The van der Waals surface area contributed by atoms with Crippen molar-refractivity contribution in [3.63, 3.8) is 0 Å². The summed E-state index contributed by atoms with van der Waals surface area (Å²) in [5.74, 6) is 0.984. The molecule has 31 heavy (non-hydrogen) atoms. The first kappa shape index (κ1) is 20.3. The number of likely N-dealkylation sites (tertiary alicyclic amines) is 1. The summed E-state index contributed by atoms with van der Waals surface area (Å²) in [6, 6.07) is 4.41.